The Kier molecular flexibility index (Phi) is 5.49. The summed E-state index contributed by atoms with van der Waals surface area (Å²) in [6.07, 6.45) is 2.15. The lowest BCUT2D eigenvalue weighted by molar-refractivity contribution is -0.125. The molecule has 0 spiro atoms. The van der Waals surface area contributed by atoms with Crippen LogP contribution in [0, 0.1) is 13.8 Å². The first-order valence-corrected chi connectivity index (χ1v) is 10.6. The topological polar surface area (TPSA) is 55.4 Å². The van der Waals surface area contributed by atoms with Crippen LogP contribution in [-0.4, -0.2) is 11.9 Å². The van der Waals surface area contributed by atoms with Crippen molar-refractivity contribution in [2.24, 2.45) is 0 Å². The van der Waals surface area contributed by atoms with Crippen LogP contribution in [0.5, 0.6) is 0 Å². The zero-order valence-electron chi connectivity index (χ0n) is 16.5. The zero-order chi connectivity index (χ0) is 20.4. The number of carbonyl (C=O) groups is 2. The van der Waals surface area contributed by atoms with E-state index in [1.807, 2.05) is 56.3 Å². The van der Waals surface area contributed by atoms with Crippen LogP contribution in [0.1, 0.15) is 49.3 Å². The Bertz CT molecular complexity index is 1030. The van der Waals surface area contributed by atoms with Gasteiger partial charge in [-0.1, -0.05) is 42.5 Å². The Morgan fingerprint density at radius 1 is 1.03 bits per heavy atom. The summed E-state index contributed by atoms with van der Waals surface area (Å²) in [4.78, 5) is 27.7. The number of amides is 1. The zero-order valence-corrected chi connectivity index (χ0v) is 17.3. The molecule has 1 aliphatic carbocycles. The molecule has 0 aliphatic heterocycles. The van der Waals surface area contributed by atoms with Gasteiger partial charge >= 0.3 is 5.97 Å². The lowest BCUT2D eigenvalue weighted by Crippen LogP contribution is -2.26. The van der Waals surface area contributed by atoms with Gasteiger partial charge in [-0.15, -0.1) is 11.3 Å². The fourth-order valence-corrected chi connectivity index (χ4v) is 4.70. The smallest absolute Gasteiger partial charge is 0.349 e. The molecule has 0 unspecified atom stereocenters. The van der Waals surface area contributed by atoms with Gasteiger partial charge in [-0.2, -0.15) is 0 Å². The number of anilines is 1. The SMILES string of the molecule is Cc1ccc(C)c(NC(=O)[C@@H](OC(=O)c2cc3c(s2)CCC3)c2ccccc2)c1. The summed E-state index contributed by atoms with van der Waals surface area (Å²) in [5, 5.41) is 2.93. The maximum absolute atomic E-state index is 13.1. The highest BCUT2D eigenvalue weighted by Gasteiger charge is 2.28. The lowest BCUT2D eigenvalue weighted by atomic mass is 10.1. The third-order valence-electron chi connectivity index (χ3n) is 5.16. The summed E-state index contributed by atoms with van der Waals surface area (Å²) in [5.74, 6) is -0.809. The van der Waals surface area contributed by atoms with Crippen molar-refractivity contribution in [1.82, 2.24) is 0 Å². The van der Waals surface area contributed by atoms with Gasteiger partial charge in [0.05, 0.1) is 0 Å². The number of fused-ring (bicyclic) bond motifs is 1. The predicted molar refractivity (Wildman–Crippen MR) is 115 cm³/mol. The van der Waals surface area contributed by atoms with Crippen LogP contribution in [0.25, 0.3) is 0 Å². The second-order valence-corrected chi connectivity index (χ2v) is 8.55. The summed E-state index contributed by atoms with van der Waals surface area (Å²) in [7, 11) is 0. The molecule has 1 aliphatic rings. The van der Waals surface area contributed by atoms with Crippen LogP contribution in [0.2, 0.25) is 0 Å². The molecule has 5 heteroatoms. The van der Waals surface area contributed by atoms with Crippen molar-refractivity contribution in [1.29, 1.82) is 0 Å². The minimum atomic E-state index is -1.01. The van der Waals surface area contributed by atoms with E-state index in [0.29, 0.717) is 10.4 Å². The third kappa shape index (κ3) is 4.25. The van der Waals surface area contributed by atoms with E-state index in [2.05, 4.69) is 5.32 Å². The highest BCUT2D eigenvalue weighted by molar-refractivity contribution is 7.14. The number of benzene rings is 2. The van der Waals surface area contributed by atoms with Crippen LogP contribution in [0.15, 0.2) is 54.6 Å². The first-order valence-electron chi connectivity index (χ1n) is 9.77. The number of ether oxygens (including phenoxy) is 1. The lowest BCUT2D eigenvalue weighted by Gasteiger charge is -2.19. The quantitative estimate of drug-likeness (QED) is 0.579. The molecule has 4 nitrogen and oxygen atoms in total. The number of esters is 1. The van der Waals surface area contributed by atoms with Crippen molar-refractivity contribution in [2.75, 3.05) is 5.32 Å². The molecule has 0 bridgehead atoms. The maximum Gasteiger partial charge on any atom is 0.349 e. The Morgan fingerprint density at radius 2 is 1.83 bits per heavy atom. The van der Waals surface area contributed by atoms with Crippen molar-refractivity contribution in [3.05, 3.63) is 86.6 Å². The van der Waals surface area contributed by atoms with E-state index in [4.69, 9.17) is 4.74 Å². The summed E-state index contributed by atoms with van der Waals surface area (Å²) < 4.78 is 5.72. The summed E-state index contributed by atoms with van der Waals surface area (Å²) in [6, 6.07) is 16.9. The van der Waals surface area contributed by atoms with E-state index in [1.54, 1.807) is 12.1 Å². The highest BCUT2D eigenvalue weighted by atomic mass is 32.1. The molecule has 1 atom stereocenters. The van der Waals surface area contributed by atoms with Crippen LogP contribution in [0.3, 0.4) is 0 Å². The molecule has 2 aromatic carbocycles. The first-order chi connectivity index (χ1) is 14.0. The highest BCUT2D eigenvalue weighted by Crippen LogP contribution is 2.32. The van der Waals surface area contributed by atoms with Crippen molar-refractivity contribution >= 4 is 28.9 Å². The predicted octanol–water partition coefficient (Wildman–Crippen LogP) is 5.39. The fraction of sp³-hybridized carbons (Fsp3) is 0.250. The molecule has 1 aromatic heterocycles. The van der Waals surface area contributed by atoms with Gasteiger partial charge in [-0.05, 0) is 61.9 Å². The summed E-state index contributed by atoms with van der Waals surface area (Å²) in [5.41, 5.74) is 4.61. The van der Waals surface area contributed by atoms with Gasteiger partial charge in [0.1, 0.15) is 4.88 Å². The minimum Gasteiger partial charge on any atom is -0.443 e. The number of nitrogens with one attached hydrogen (secondary N) is 1. The molecule has 148 valence electrons. The largest absolute Gasteiger partial charge is 0.443 e. The molecule has 29 heavy (non-hydrogen) atoms. The van der Waals surface area contributed by atoms with E-state index >= 15 is 0 Å². The first kappa shape index (κ1) is 19.4. The Morgan fingerprint density at radius 3 is 2.59 bits per heavy atom. The number of carbonyl (C=O) groups excluding carboxylic acids is 2. The molecule has 1 heterocycles. The van der Waals surface area contributed by atoms with Crippen molar-refractivity contribution in [3.8, 4) is 0 Å². The monoisotopic (exact) mass is 405 g/mol. The molecule has 4 rings (SSSR count). The van der Waals surface area contributed by atoms with Gasteiger partial charge in [-0.25, -0.2) is 4.79 Å². The third-order valence-corrected chi connectivity index (χ3v) is 6.38. The molecular weight excluding hydrogens is 382 g/mol. The van der Waals surface area contributed by atoms with Gasteiger partial charge in [0, 0.05) is 16.1 Å². The van der Waals surface area contributed by atoms with Gasteiger partial charge in [0.2, 0.25) is 6.10 Å². The second-order valence-electron chi connectivity index (χ2n) is 7.42. The summed E-state index contributed by atoms with van der Waals surface area (Å²) >= 11 is 1.48. The Balaban J connectivity index is 1.58. The average molecular weight is 406 g/mol. The van der Waals surface area contributed by atoms with Crippen molar-refractivity contribution < 1.29 is 14.3 Å². The minimum absolute atomic E-state index is 0.359. The fourth-order valence-electron chi connectivity index (χ4n) is 3.56. The van der Waals surface area contributed by atoms with Crippen LogP contribution in [0.4, 0.5) is 5.69 Å². The number of thiophene rings is 1. The van der Waals surface area contributed by atoms with Crippen LogP contribution in [-0.2, 0) is 22.4 Å². The van der Waals surface area contributed by atoms with Gasteiger partial charge in [0.25, 0.3) is 5.91 Å². The molecule has 0 saturated heterocycles. The van der Waals surface area contributed by atoms with E-state index < -0.39 is 12.1 Å². The van der Waals surface area contributed by atoms with E-state index in [1.165, 1.54) is 21.8 Å². The molecule has 0 saturated carbocycles. The molecule has 0 fully saturated rings. The Labute approximate surface area is 174 Å². The van der Waals surface area contributed by atoms with Gasteiger partial charge in [-0.3, -0.25) is 4.79 Å². The van der Waals surface area contributed by atoms with E-state index in [-0.39, 0.29) is 5.91 Å². The van der Waals surface area contributed by atoms with Crippen molar-refractivity contribution in [2.45, 2.75) is 39.2 Å². The van der Waals surface area contributed by atoms with Gasteiger partial charge in [0.15, 0.2) is 0 Å². The second kappa shape index (κ2) is 8.21. The van der Waals surface area contributed by atoms with Crippen LogP contribution >= 0.6 is 11.3 Å². The normalized spacial score (nSPS) is 13.6. The molecule has 1 N–H and O–H groups in total. The Hall–Kier alpha value is -2.92. The maximum atomic E-state index is 13.1. The molecule has 0 radical (unpaired) electrons. The average Bonchev–Trinajstić information content (AvgIpc) is 3.31. The number of rotatable bonds is 5. The number of aryl methyl sites for hydroxylation is 4. The number of hydrogen-bond acceptors (Lipinski definition) is 4. The number of hydrogen-bond donors (Lipinski definition) is 1. The van der Waals surface area contributed by atoms with Crippen molar-refractivity contribution in [3.63, 3.8) is 0 Å². The van der Waals surface area contributed by atoms with E-state index in [0.717, 1.165) is 36.1 Å². The standard InChI is InChI=1S/C24H23NO3S/c1-15-11-12-16(2)19(13-15)25-23(26)22(17-7-4-3-5-8-17)28-24(27)21-14-18-9-6-10-20(18)29-21/h3-5,7-8,11-14,22H,6,9-10H2,1-2H3,(H,25,26)/t22-/m0/s1. The molecular formula is C24H23NO3S. The van der Waals surface area contributed by atoms with Gasteiger partial charge < -0.3 is 10.1 Å². The molecule has 1 amide bonds. The van der Waals surface area contributed by atoms with E-state index in [9.17, 15) is 9.59 Å². The summed E-state index contributed by atoms with van der Waals surface area (Å²) in [6.45, 7) is 3.91. The van der Waals surface area contributed by atoms with Crippen LogP contribution < -0.4 is 5.32 Å². The molecule has 3 aromatic rings.